The number of ether oxygens (including phenoxy) is 1. The van der Waals surface area contributed by atoms with Gasteiger partial charge in [0.1, 0.15) is 11.3 Å². The number of nitrogens with two attached hydrogens (primary N) is 1. The molecule has 7 heteroatoms. The number of thiazole rings is 1. The number of hydrogen-bond acceptors (Lipinski definition) is 5. The molecule has 0 aliphatic heterocycles. The van der Waals surface area contributed by atoms with Crippen LogP contribution in [0.4, 0.5) is 5.95 Å². The van der Waals surface area contributed by atoms with Crippen molar-refractivity contribution in [2.45, 2.75) is 13.5 Å². The summed E-state index contributed by atoms with van der Waals surface area (Å²) in [6.07, 6.45) is 0. The zero-order valence-electron chi connectivity index (χ0n) is 10.9. The molecule has 0 aliphatic rings. The summed E-state index contributed by atoms with van der Waals surface area (Å²) in [4.78, 5) is 18.3. The fraction of sp³-hybridized carbons (Fsp3) is 0.231. The lowest BCUT2D eigenvalue weighted by atomic mass is 10.3. The molecule has 0 saturated heterocycles. The van der Waals surface area contributed by atoms with Gasteiger partial charge in [-0.1, -0.05) is 17.4 Å². The van der Waals surface area contributed by atoms with Crippen LogP contribution < -0.4 is 15.3 Å². The average Bonchev–Trinajstić information content (AvgIpc) is 2.97. The summed E-state index contributed by atoms with van der Waals surface area (Å²) >= 11 is 1.14. The van der Waals surface area contributed by atoms with Crippen molar-refractivity contribution in [2.75, 3.05) is 12.3 Å². The molecular weight excluding hydrogens is 276 g/mol. The molecule has 6 nitrogen and oxygen atoms in total. The molecule has 2 aromatic heterocycles. The van der Waals surface area contributed by atoms with Crippen LogP contribution in [0.15, 0.2) is 28.4 Å². The molecular formula is C13H14N4O2S. The van der Waals surface area contributed by atoms with Gasteiger partial charge in [-0.15, -0.1) is 0 Å². The molecule has 0 unspecified atom stereocenters. The molecule has 0 spiro atoms. The number of rotatable bonds is 4. The maximum Gasteiger partial charge on any atom is 0.304 e. The van der Waals surface area contributed by atoms with E-state index in [0.29, 0.717) is 24.8 Å². The van der Waals surface area contributed by atoms with Gasteiger partial charge in [0, 0.05) is 11.1 Å². The molecule has 0 amide bonds. The van der Waals surface area contributed by atoms with Crippen molar-refractivity contribution in [2.24, 2.45) is 0 Å². The minimum absolute atomic E-state index is 0.0713. The molecule has 104 valence electrons. The van der Waals surface area contributed by atoms with Gasteiger partial charge in [-0.25, -0.2) is 4.98 Å². The number of benzene rings is 1. The first-order valence-electron chi connectivity index (χ1n) is 6.23. The van der Waals surface area contributed by atoms with Crippen molar-refractivity contribution < 1.29 is 4.74 Å². The van der Waals surface area contributed by atoms with Crippen LogP contribution in [-0.4, -0.2) is 21.1 Å². The Labute approximate surface area is 118 Å². The fourth-order valence-electron chi connectivity index (χ4n) is 2.14. The van der Waals surface area contributed by atoms with Gasteiger partial charge >= 0.3 is 4.87 Å². The Kier molecular flexibility index (Phi) is 3.19. The van der Waals surface area contributed by atoms with Gasteiger partial charge in [0.25, 0.3) is 0 Å². The average molecular weight is 290 g/mol. The maximum atomic E-state index is 11.2. The van der Waals surface area contributed by atoms with Crippen molar-refractivity contribution >= 4 is 28.3 Å². The van der Waals surface area contributed by atoms with E-state index in [1.807, 2.05) is 29.7 Å². The van der Waals surface area contributed by atoms with Gasteiger partial charge in [-0.3, -0.25) is 4.79 Å². The quantitative estimate of drug-likeness (QED) is 0.767. The second-order valence-electron chi connectivity index (χ2n) is 4.29. The number of imidazole rings is 1. The highest BCUT2D eigenvalue weighted by molar-refractivity contribution is 7.07. The molecule has 0 saturated carbocycles. The van der Waals surface area contributed by atoms with Gasteiger partial charge in [0.2, 0.25) is 5.95 Å². The molecule has 1 aromatic carbocycles. The normalized spacial score (nSPS) is 11.1. The summed E-state index contributed by atoms with van der Waals surface area (Å²) in [5.74, 6) is 1.12. The largest absolute Gasteiger partial charge is 0.492 e. The Bertz CT molecular complexity index is 802. The number of nitrogens with one attached hydrogen (secondary N) is 1. The van der Waals surface area contributed by atoms with Crippen LogP contribution in [0, 0.1) is 0 Å². The van der Waals surface area contributed by atoms with Gasteiger partial charge in [0.15, 0.2) is 0 Å². The Morgan fingerprint density at radius 1 is 1.50 bits per heavy atom. The Morgan fingerprint density at radius 2 is 2.35 bits per heavy atom. The highest BCUT2D eigenvalue weighted by atomic mass is 32.1. The summed E-state index contributed by atoms with van der Waals surface area (Å²) in [5, 5.41) is 1.79. The molecule has 2 heterocycles. The predicted molar refractivity (Wildman–Crippen MR) is 79.4 cm³/mol. The summed E-state index contributed by atoms with van der Waals surface area (Å²) in [7, 11) is 0. The van der Waals surface area contributed by atoms with Gasteiger partial charge in [-0.05, 0) is 19.1 Å². The highest BCUT2D eigenvalue weighted by Crippen LogP contribution is 2.27. The van der Waals surface area contributed by atoms with Crippen LogP contribution in [0.2, 0.25) is 0 Å². The monoisotopic (exact) mass is 290 g/mol. The van der Waals surface area contributed by atoms with Crippen molar-refractivity contribution in [3.8, 4) is 5.75 Å². The number of anilines is 1. The van der Waals surface area contributed by atoms with Crippen LogP contribution in [-0.2, 0) is 6.54 Å². The van der Waals surface area contributed by atoms with Gasteiger partial charge in [-0.2, -0.15) is 0 Å². The molecule has 0 aliphatic carbocycles. The van der Waals surface area contributed by atoms with Crippen LogP contribution in [0.1, 0.15) is 12.6 Å². The molecule has 0 radical (unpaired) electrons. The van der Waals surface area contributed by atoms with E-state index >= 15 is 0 Å². The molecule has 3 N–H and O–H groups in total. The van der Waals surface area contributed by atoms with Crippen LogP contribution in [0.5, 0.6) is 5.75 Å². The topological polar surface area (TPSA) is 85.9 Å². The summed E-state index contributed by atoms with van der Waals surface area (Å²) in [5.41, 5.74) is 8.42. The summed E-state index contributed by atoms with van der Waals surface area (Å²) < 4.78 is 7.41. The lowest BCUT2D eigenvalue weighted by molar-refractivity contribution is 0.343. The number of fused-ring (bicyclic) bond motifs is 1. The van der Waals surface area contributed by atoms with Crippen LogP contribution >= 0.6 is 11.3 Å². The first kappa shape index (κ1) is 12.7. The number of nitrogens with zero attached hydrogens (tertiary/aromatic N) is 2. The third-order valence-electron chi connectivity index (χ3n) is 2.97. The standard InChI is InChI=1S/C13H14N4O2S/c1-2-19-10-5-3-4-9-11(10)16-12(14)17(9)6-8-7-20-13(18)15-8/h3-5,7H,2,6H2,1H3,(H2,14,16)(H,15,18). The minimum Gasteiger partial charge on any atom is -0.492 e. The van der Waals surface area contributed by atoms with E-state index in [4.69, 9.17) is 10.5 Å². The van der Waals surface area contributed by atoms with Gasteiger partial charge in [0.05, 0.1) is 18.7 Å². The zero-order chi connectivity index (χ0) is 14.1. The van der Waals surface area contributed by atoms with E-state index in [0.717, 1.165) is 28.1 Å². The van der Waals surface area contributed by atoms with Crippen molar-refractivity contribution in [3.05, 3.63) is 38.9 Å². The number of para-hydroxylation sites is 1. The minimum atomic E-state index is -0.0713. The number of hydrogen-bond donors (Lipinski definition) is 2. The first-order chi connectivity index (χ1) is 9.69. The fourth-order valence-corrected chi connectivity index (χ4v) is 2.71. The Hall–Kier alpha value is -2.28. The molecule has 0 fully saturated rings. The first-order valence-corrected chi connectivity index (χ1v) is 7.11. The number of aromatic amines is 1. The van der Waals surface area contributed by atoms with Crippen molar-refractivity contribution in [3.63, 3.8) is 0 Å². The molecule has 3 aromatic rings. The van der Waals surface area contributed by atoms with E-state index in [-0.39, 0.29) is 4.87 Å². The Balaban J connectivity index is 2.08. The van der Waals surface area contributed by atoms with Crippen molar-refractivity contribution in [1.82, 2.24) is 14.5 Å². The highest BCUT2D eigenvalue weighted by Gasteiger charge is 2.13. The third-order valence-corrected chi connectivity index (χ3v) is 3.69. The van der Waals surface area contributed by atoms with Crippen LogP contribution in [0.25, 0.3) is 11.0 Å². The smallest absolute Gasteiger partial charge is 0.304 e. The van der Waals surface area contributed by atoms with Crippen molar-refractivity contribution in [1.29, 1.82) is 0 Å². The molecule has 0 atom stereocenters. The molecule has 3 rings (SSSR count). The summed E-state index contributed by atoms with van der Waals surface area (Å²) in [6, 6.07) is 5.71. The predicted octanol–water partition coefficient (Wildman–Crippen LogP) is 1.82. The lowest BCUT2D eigenvalue weighted by Crippen LogP contribution is -2.06. The Morgan fingerprint density at radius 3 is 3.05 bits per heavy atom. The molecule has 0 bridgehead atoms. The van der Waals surface area contributed by atoms with E-state index in [1.165, 1.54) is 0 Å². The second-order valence-corrected chi connectivity index (χ2v) is 5.13. The summed E-state index contributed by atoms with van der Waals surface area (Å²) in [6.45, 7) is 2.98. The number of nitrogen functional groups attached to an aromatic ring is 1. The van der Waals surface area contributed by atoms with Crippen LogP contribution in [0.3, 0.4) is 0 Å². The number of aromatic nitrogens is 3. The van der Waals surface area contributed by atoms with Gasteiger partial charge < -0.3 is 20.0 Å². The van der Waals surface area contributed by atoms with E-state index in [1.54, 1.807) is 5.38 Å². The zero-order valence-corrected chi connectivity index (χ0v) is 11.7. The molecule has 20 heavy (non-hydrogen) atoms. The van der Waals surface area contributed by atoms with E-state index in [9.17, 15) is 4.79 Å². The third kappa shape index (κ3) is 2.16. The number of H-pyrrole nitrogens is 1. The second kappa shape index (κ2) is 5.01. The van der Waals surface area contributed by atoms with E-state index < -0.39 is 0 Å². The SMILES string of the molecule is CCOc1cccc2c1nc(N)n2Cc1csc(=O)[nH]1. The maximum absolute atomic E-state index is 11.2. The lowest BCUT2D eigenvalue weighted by Gasteiger charge is -2.06. The van der Waals surface area contributed by atoms with E-state index in [2.05, 4.69) is 9.97 Å².